The Labute approximate surface area is 163 Å². The van der Waals surface area contributed by atoms with E-state index in [2.05, 4.69) is 20.6 Å². The van der Waals surface area contributed by atoms with Crippen LogP contribution in [0.15, 0.2) is 60.8 Å². The van der Waals surface area contributed by atoms with Gasteiger partial charge in [-0.3, -0.25) is 0 Å². The zero-order valence-electron chi connectivity index (χ0n) is 15.8. The fourth-order valence-electron chi connectivity index (χ4n) is 2.51. The van der Waals surface area contributed by atoms with Gasteiger partial charge in [-0.25, -0.2) is 9.78 Å². The van der Waals surface area contributed by atoms with E-state index in [0.717, 1.165) is 17.1 Å². The minimum Gasteiger partial charge on any atom is -0.492 e. The Hall–Kier alpha value is -3.61. The van der Waals surface area contributed by atoms with Crippen LogP contribution in [0.4, 0.5) is 23.1 Å². The number of esters is 1. The zero-order chi connectivity index (χ0) is 19.8. The van der Waals surface area contributed by atoms with Crippen LogP contribution in [0.2, 0.25) is 0 Å². The average molecular weight is 378 g/mol. The highest BCUT2D eigenvalue weighted by atomic mass is 16.5. The molecular weight excluding hydrogens is 356 g/mol. The maximum Gasteiger partial charge on any atom is 0.338 e. The summed E-state index contributed by atoms with van der Waals surface area (Å²) in [4.78, 5) is 20.5. The quantitative estimate of drug-likeness (QED) is 0.557. The van der Waals surface area contributed by atoms with Crippen LogP contribution in [-0.2, 0) is 4.74 Å². The molecule has 0 amide bonds. The Bertz CT molecular complexity index is 929. The van der Waals surface area contributed by atoms with E-state index in [1.54, 1.807) is 43.5 Å². The number of benzene rings is 2. The summed E-state index contributed by atoms with van der Waals surface area (Å²) in [6, 6.07) is 16.4. The molecule has 0 spiro atoms. The first-order valence-electron chi connectivity index (χ1n) is 9.05. The zero-order valence-corrected chi connectivity index (χ0v) is 15.8. The smallest absolute Gasteiger partial charge is 0.338 e. The third-order valence-electron chi connectivity index (χ3n) is 3.76. The molecule has 0 fully saturated rings. The van der Waals surface area contributed by atoms with Crippen molar-refractivity contribution in [2.24, 2.45) is 0 Å². The molecule has 0 aliphatic heterocycles. The van der Waals surface area contributed by atoms with Gasteiger partial charge in [0.15, 0.2) is 0 Å². The van der Waals surface area contributed by atoms with Gasteiger partial charge < -0.3 is 20.1 Å². The summed E-state index contributed by atoms with van der Waals surface area (Å²) in [6.07, 6.45) is 1.66. The van der Waals surface area contributed by atoms with Crippen molar-refractivity contribution in [2.45, 2.75) is 13.8 Å². The lowest BCUT2D eigenvalue weighted by Crippen LogP contribution is -2.05. The Balaban J connectivity index is 1.71. The molecule has 28 heavy (non-hydrogen) atoms. The monoisotopic (exact) mass is 378 g/mol. The van der Waals surface area contributed by atoms with E-state index in [9.17, 15) is 4.79 Å². The van der Waals surface area contributed by atoms with Gasteiger partial charge in [0.2, 0.25) is 5.95 Å². The molecule has 2 aromatic carbocycles. The van der Waals surface area contributed by atoms with Gasteiger partial charge in [0.25, 0.3) is 0 Å². The number of rotatable bonds is 8. The number of ether oxygens (including phenoxy) is 2. The topological polar surface area (TPSA) is 85.4 Å². The van der Waals surface area contributed by atoms with Gasteiger partial charge in [0.05, 0.1) is 24.5 Å². The third kappa shape index (κ3) is 4.97. The fraction of sp³-hybridized carbons (Fsp3) is 0.190. The van der Waals surface area contributed by atoms with Gasteiger partial charge >= 0.3 is 5.97 Å². The maximum atomic E-state index is 11.7. The van der Waals surface area contributed by atoms with E-state index in [1.807, 2.05) is 31.2 Å². The molecule has 3 rings (SSSR count). The maximum absolute atomic E-state index is 11.7. The lowest BCUT2D eigenvalue weighted by Gasteiger charge is -2.12. The average Bonchev–Trinajstić information content (AvgIpc) is 2.71. The molecule has 0 saturated heterocycles. The summed E-state index contributed by atoms with van der Waals surface area (Å²) < 4.78 is 10.6. The van der Waals surface area contributed by atoms with Gasteiger partial charge in [0, 0.05) is 11.9 Å². The van der Waals surface area contributed by atoms with Crippen molar-refractivity contribution in [1.82, 2.24) is 9.97 Å². The van der Waals surface area contributed by atoms with Crippen LogP contribution in [0.25, 0.3) is 0 Å². The van der Waals surface area contributed by atoms with E-state index >= 15 is 0 Å². The summed E-state index contributed by atoms with van der Waals surface area (Å²) in [5.41, 5.74) is 2.10. The van der Waals surface area contributed by atoms with Crippen molar-refractivity contribution in [3.05, 3.63) is 66.4 Å². The summed E-state index contributed by atoms with van der Waals surface area (Å²) in [5.74, 6) is 1.47. The molecule has 1 heterocycles. The summed E-state index contributed by atoms with van der Waals surface area (Å²) in [6.45, 7) is 4.64. The van der Waals surface area contributed by atoms with Gasteiger partial charge in [-0.2, -0.15) is 4.98 Å². The molecular formula is C21H22N4O3. The number of aromatic nitrogens is 2. The predicted octanol–water partition coefficient (Wildman–Crippen LogP) is 4.54. The number of carbonyl (C=O) groups is 1. The van der Waals surface area contributed by atoms with Gasteiger partial charge in [-0.05, 0) is 56.3 Å². The van der Waals surface area contributed by atoms with Crippen LogP contribution in [-0.4, -0.2) is 29.2 Å². The van der Waals surface area contributed by atoms with Crippen LogP contribution in [0.1, 0.15) is 24.2 Å². The fourth-order valence-corrected chi connectivity index (χ4v) is 2.51. The molecule has 0 radical (unpaired) electrons. The molecule has 7 nitrogen and oxygen atoms in total. The molecule has 144 valence electrons. The first-order valence-corrected chi connectivity index (χ1v) is 9.05. The van der Waals surface area contributed by atoms with Crippen molar-refractivity contribution in [2.75, 3.05) is 23.8 Å². The SMILES string of the molecule is CCOC(=O)c1ccc(Nc2ccnc(Nc3ccccc3OCC)n2)cc1. The molecule has 3 aromatic rings. The number of nitrogens with zero attached hydrogens (tertiary/aromatic N) is 2. The summed E-state index contributed by atoms with van der Waals surface area (Å²) >= 11 is 0. The summed E-state index contributed by atoms with van der Waals surface area (Å²) in [5, 5.41) is 6.37. The van der Waals surface area contributed by atoms with Crippen LogP contribution < -0.4 is 15.4 Å². The second-order valence-corrected chi connectivity index (χ2v) is 5.74. The Kier molecular flexibility index (Phi) is 6.41. The first kappa shape index (κ1) is 19.2. The van der Waals surface area contributed by atoms with Crippen LogP contribution in [0, 0.1) is 0 Å². The van der Waals surface area contributed by atoms with E-state index in [4.69, 9.17) is 9.47 Å². The van der Waals surface area contributed by atoms with Gasteiger partial charge in [0.1, 0.15) is 11.6 Å². The number of hydrogen-bond acceptors (Lipinski definition) is 7. The van der Waals surface area contributed by atoms with Gasteiger partial charge in [-0.1, -0.05) is 12.1 Å². The van der Waals surface area contributed by atoms with Crippen LogP contribution >= 0.6 is 0 Å². The highest BCUT2D eigenvalue weighted by molar-refractivity contribution is 5.89. The molecule has 0 bridgehead atoms. The number of carbonyl (C=O) groups excluding carboxylic acids is 1. The van der Waals surface area contributed by atoms with Crippen molar-refractivity contribution >= 4 is 29.1 Å². The lowest BCUT2D eigenvalue weighted by atomic mass is 10.2. The second-order valence-electron chi connectivity index (χ2n) is 5.74. The molecule has 7 heteroatoms. The van der Waals surface area contributed by atoms with Crippen LogP contribution in [0.5, 0.6) is 5.75 Å². The number of nitrogens with one attached hydrogen (secondary N) is 2. The van der Waals surface area contributed by atoms with Crippen molar-refractivity contribution in [3.8, 4) is 5.75 Å². The summed E-state index contributed by atoms with van der Waals surface area (Å²) in [7, 11) is 0. The molecule has 1 aromatic heterocycles. The normalized spacial score (nSPS) is 10.2. The van der Waals surface area contributed by atoms with Crippen molar-refractivity contribution in [3.63, 3.8) is 0 Å². The van der Waals surface area contributed by atoms with Crippen molar-refractivity contribution < 1.29 is 14.3 Å². The number of anilines is 4. The van der Waals surface area contributed by atoms with E-state index < -0.39 is 0 Å². The first-order chi connectivity index (χ1) is 13.7. The Morgan fingerprint density at radius 2 is 1.75 bits per heavy atom. The number of hydrogen-bond donors (Lipinski definition) is 2. The minimum atomic E-state index is -0.337. The second kappa shape index (κ2) is 9.36. The highest BCUT2D eigenvalue weighted by Crippen LogP contribution is 2.26. The lowest BCUT2D eigenvalue weighted by molar-refractivity contribution is 0.0526. The largest absolute Gasteiger partial charge is 0.492 e. The van der Waals surface area contributed by atoms with E-state index in [-0.39, 0.29) is 5.97 Å². The highest BCUT2D eigenvalue weighted by Gasteiger charge is 2.07. The van der Waals surface area contributed by atoms with Crippen LogP contribution in [0.3, 0.4) is 0 Å². The third-order valence-corrected chi connectivity index (χ3v) is 3.76. The Morgan fingerprint density at radius 3 is 2.50 bits per heavy atom. The Morgan fingerprint density at radius 1 is 0.964 bits per heavy atom. The molecule has 0 unspecified atom stereocenters. The molecule has 0 aliphatic rings. The number of para-hydroxylation sites is 2. The molecule has 0 saturated carbocycles. The van der Waals surface area contributed by atoms with E-state index in [0.29, 0.717) is 30.5 Å². The standard InChI is InChI=1S/C21H22N4O3/c1-3-27-18-8-6-5-7-17(18)24-21-22-14-13-19(25-21)23-16-11-9-15(10-12-16)20(26)28-4-2/h5-14H,3-4H2,1-2H3,(H2,22,23,24,25). The van der Waals surface area contributed by atoms with Gasteiger partial charge in [-0.15, -0.1) is 0 Å². The van der Waals surface area contributed by atoms with E-state index in [1.165, 1.54) is 0 Å². The predicted molar refractivity (Wildman–Crippen MR) is 109 cm³/mol. The molecule has 0 aliphatic carbocycles. The molecule has 2 N–H and O–H groups in total. The molecule has 0 atom stereocenters. The minimum absolute atomic E-state index is 0.337. The van der Waals surface area contributed by atoms with Crippen molar-refractivity contribution in [1.29, 1.82) is 0 Å².